The first-order valence-electron chi connectivity index (χ1n) is 8.70. The first-order chi connectivity index (χ1) is 11.5. The molecule has 6 heteroatoms. The fourth-order valence-electron chi connectivity index (χ4n) is 4.19. The molecule has 0 fully saturated rings. The van der Waals surface area contributed by atoms with Crippen LogP contribution in [0.25, 0.3) is 0 Å². The van der Waals surface area contributed by atoms with Gasteiger partial charge in [-0.05, 0) is 37.5 Å². The summed E-state index contributed by atoms with van der Waals surface area (Å²) in [6.45, 7) is 4.08. The second-order valence-corrected chi connectivity index (χ2v) is 6.73. The Morgan fingerprint density at radius 3 is 2.29 bits per heavy atom. The highest BCUT2D eigenvalue weighted by Gasteiger charge is 2.43. The second-order valence-electron chi connectivity index (χ2n) is 6.73. The molecule has 3 rings (SSSR count). The van der Waals surface area contributed by atoms with Gasteiger partial charge in [-0.15, -0.1) is 0 Å². The van der Waals surface area contributed by atoms with Crippen molar-refractivity contribution in [1.29, 1.82) is 0 Å². The van der Waals surface area contributed by atoms with Gasteiger partial charge in [0.15, 0.2) is 0 Å². The molecule has 132 valence electrons. The predicted octanol–water partition coefficient (Wildman–Crippen LogP) is 1.96. The van der Waals surface area contributed by atoms with Crippen molar-refractivity contribution >= 4 is 11.9 Å². The van der Waals surface area contributed by atoms with Crippen molar-refractivity contribution in [2.24, 2.45) is 11.8 Å². The van der Waals surface area contributed by atoms with Crippen LogP contribution in [-0.4, -0.2) is 34.7 Å². The third-order valence-electron chi connectivity index (χ3n) is 5.43. The number of aliphatic hydroxyl groups is 2. The SMILES string of the molecule is CCC[C@H]1C2=C(CCC3=C(C[C@H]1CC)C(=O)OC3O)C(O)OC2=O. The van der Waals surface area contributed by atoms with Gasteiger partial charge in [-0.1, -0.05) is 26.7 Å². The summed E-state index contributed by atoms with van der Waals surface area (Å²) < 4.78 is 10.0. The quantitative estimate of drug-likeness (QED) is 0.765. The molecule has 24 heavy (non-hydrogen) atoms. The normalized spacial score (nSPS) is 33.5. The largest absolute Gasteiger partial charge is 0.428 e. The molecule has 2 N–H and O–H groups in total. The van der Waals surface area contributed by atoms with Crippen LogP contribution in [0.3, 0.4) is 0 Å². The number of rotatable bonds is 3. The highest BCUT2D eigenvalue weighted by atomic mass is 16.6. The molecule has 2 heterocycles. The van der Waals surface area contributed by atoms with Gasteiger partial charge in [0.2, 0.25) is 12.6 Å². The fourth-order valence-corrected chi connectivity index (χ4v) is 4.19. The molecule has 2 aliphatic heterocycles. The van der Waals surface area contributed by atoms with Gasteiger partial charge in [-0.3, -0.25) is 0 Å². The standard InChI is InChI=1S/C18H24O6/c1-3-5-10-9(4-2)8-13-11(15(19)23-17(13)21)6-7-12-14(10)18(22)24-16(12)20/h9-10,15-16,19-20H,3-8H2,1-2H3/t9-,10-,15?,16?/m1/s1. The Balaban J connectivity index is 2.07. The highest BCUT2D eigenvalue weighted by Crippen LogP contribution is 2.44. The summed E-state index contributed by atoms with van der Waals surface area (Å²) in [5.41, 5.74) is 2.30. The average molecular weight is 336 g/mol. The number of ether oxygens (including phenoxy) is 2. The van der Waals surface area contributed by atoms with Gasteiger partial charge in [0.25, 0.3) is 0 Å². The zero-order chi connectivity index (χ0) is 17.4. The van der Waals surface area contributed by atoms with Crippen LogP contribution in [0.2, 0.25) is 0 Å². The van der Waals surface area contributed by atoms with Crippen LogP contribution >= 0.6 is 0 Å². The van der Waals surface area contributed by atoms with E-state index in [1.165, 1.54) is 0 Å². The zero-order valence-electron chi connectivity index (χ0n) is 14.1. The summed E-state index contributed by atoms with van der Waals surface area (Å²) in [6.07, 6.45) is 1.26. The third-order valence-corrected chi connectivity index (χ3v) is 5.43. The van der Waals surface area contributed by atoms with E-state index in [1.54, 1.807) is 0 Å². The maximum absolute atomic E-state index is 12.3. The molecule has 1 aliphatic carbocycles. The monoisotopic (exact) mass is 336 g/mol. The Labute approximate surface area is 141 Å². The molecule has 0 aromatic heterocycles. The van der Waals surface area contributed by atoms with Crippen molar-refractivity contribution in [3.63, 3.8) is 0 Å². The molecule has 0 aromatic carbocycles. The highest BCUT2D eigenvalue weighted by molar-refractivity contribution is 5.94. The van der Waals surface area contributed by atoms with Crippen molar-refractivity contribution in [3.05, 3.63) is 22.3 Å². The molecule has 2 unspecified atom stereocenters. The van der Waals surface area contributed by atoms with Crippen molar-refractivity contribution < 1.29 is 29.3 Å². The lowest BCUT2D eigenvalue weighted by Gasteiger charge is -2.26. The number of hydrogen-bond acceptors (Lipinski definition) is 6. The van der Waals surface area contributed by atoms with Crippen LogP contribution < -0.4 is 0 Å². The van der Waals surface area contributed by atoms with Crippen LogP contribution in [0, 0.1) is 11.8 Å². The van der Waals surface area contributed by atoms with E-state index < -0.39 is 24.5 Å². The van der Waals surface area contributed by atoms with Crippen LogP contribution in [0.4, 0.5) is 0 Å². The summed E-state index contributed by atoms with van der Waals surface area (Å²) in [4.78, 5) is 24.4. The molecular weight excluding hydrogens is 312 g/mol. The van der Waals surface area contributed by atoms with Crippen molar-refractivity contribution in [2.75, 3.05) is 0 Å². The van der Waals surface area contributed by atoms with Crippen LogP contribution in [-0.2, 0) is 19.1 Å². The van der Waals surface area contributed by atoms with Gasteiger partial charge in [0, 0.05) is 22.3 Å². The maximum Gasteiger partial charge on any atom is 0.337 e. The molecule has 0 radical (unpaired) electrons. The van der Waals surface area contributed by atoms with Crippen LogP contribution in [0.1, 0.15) is 52.4 Å². The Hall–Kier alpha value is -1.66. The summed E-state index contributed by atoms with van der Waals surface area (Å²) in [7, 11) is 0. The Bertz CT molecular complexity index is 617. The number of esters is 2. The van der Waals surface area contributed by atoms with Crippen molar-refractivity contribution in [3.8, 4) is 0 Å². The van der Waals surface area contributed by atoms with Crippen molar-refractivity contribution in [2.45, 2.75) is 65.0 Å². The van der Waals surface area contributed by atoms with E-state index in [4.69, 9.17) is 9.47 Å². The lowest BCUT2D eigenvalue weighted by molar-refractivity contribution is -0.153. The molecule has 0 aromatic rings. The fraction of sp³-hybridized carbons (Fsp3) is 0.667. The van der Waals surface area contributed by atoms with Gasteiger partial charge in [-0.2, -0.15) is 0 Å². The summed E-state index contributed by atoms with van der Waals surface area (Å²) >= 11 is 0. The van der Waals surface area contributed by atoms with E-state index >= 15 is 0 Å². The minimum Gasteiger partial charge on any atom is -0.428 e. The van der Waals surface area contributed by atoms with Crippen LogP contribution in [0.15, 0.2) is 22.3 Å². The summed E-state index contributed by atoms with van der Waals surface area (Å²) in [5.74, 6) is -0.901. The maximum atomic E-state index is 12.3. The number of carbonyl (C=O) groups excluding carboxylic acids is 2. The van der Waals surface area contributed by atoms with Gasteiger partial charge in [-0.25, -0.2) is 9.59 Å². The Kier molecular flexibility index (Phi) is 4.78. The zero-order valence-corrected chi connectivity index (χ0v) is 14.1. The Morgan fingerprint density at radius 2 is 1.62 bits per heavy atom. The van der Waals surface area contributed by atoms with E-state index in [1.807, 2.05) is 6.92 Å². The summed E-state index contributed by atoms with van der Waals surface area (Å²) in [6, 6.07) is 0. The lowest BCUT2D eigenvalue weighted by Crippen LogP contribution is -2.22. The van der Waals surface area contributed by atoms with Crippen LogP contribution in [0.5, 0.6) is 0 Å². The number of carbonyl (C=O) groups is 2. The molecule has 0 spiro atoms. The molecule has 0 amide bonds. The van der Waals surface area contributed by atoms with Gasteiger partial charge in [0.1, 0.15) is 0 Å². The molecular formula is C18H24O6. The van der Waals surface area contributed by atoms with E-state index in [9.17, 15) is 19.8 Å². The first kappa shape index (κ1) is 17.2. The predicted molar refractivity (Wildman–Crippen MR) is 84.3 cm³/mol. The average Bonchev–Trinajstić information content (AvgIpc) is 2.98. The van der Waals surface area contributed by atoms with Gasteiger partial charge in [0.05, 0.1) is 0 Å². The Morgan fingerprint density at radius 1 is 1.00 bits per heavy atom. The molecule has 0 saturated carbocycles. The topological polar surface area (TPSA) is 93.1 Å². The number of aliphatic hydroxyl groups excluding tert-OH is 2. The van der Waals surface area contributed by atoms with Gasteiger partial charge < -0.3 is 19.7 Å². The van der Waals surface area contributed by atoms with Gasteiger partial charge >= 0.3 is 11.9 Å². The smallest absolute Gasteiger partial charge is 0.337 e. The minimum absolute atomic E-state index is 0.0583. The first-order valence-corrected chi connectivity index (χ1v) is 8.70. The molecule has 6 nitrogen and oxygen atoms in total. The van der Waals surface area contributed by atoms with E-state index in [2.05, 4.69) is 6.92 Å². The van der Waals surface area contributed by atoms with Crippen molar-refractivity contribution in [1.82, 2.24) is 0 Å². The molecule has 4 atom stereocenters. The van der Waals surface area contributed by atoms with E-state index in [0.29, 0.717) is 41.6 Å². The van der Waals surface area contributed by atoms with E-state index in [-0.39, 0.29) is 11.8 Å². The third kappa shape index (κ3) is 2.78. The molecule has 0 bridgehead atoms. The summed E-state index contributed by atoms with van der Waals surface area (Å²) in [5, 5.41) is 20.1. The number of cyclic esters (lactones) is 2. The number of hydrogen-bond donors (Lipinski definition) is 2. The minimum atomic E-state index is -1.22. The van der Waals surface area contributed by atoms with E-state index in [0.717, 1.165) is 19.3 Å². The molecule has 0 saturated heterocycles. The lowest BCUT2D eigenvalue weighted by atomic mass is 9.76. The second kappa shape index (κ2) is 6.69. The molecule has 3 aliphatic rings.